The Balaban J connectivity index is 1.23. The summed E-state index contributed by atoms with van der Waals surface area (Å²) in [7, 11) is 0. The molecule has 240 valence electrons. The predicted molar refractivity (Wildman–Crippen MR) is 168 cm³/mol. The molecule has 1 saturated carbocycles. The van der Waals surface area contributed by atoms with Gasteiger partial charge in [0.2, 0.25) is 11.8 Å². The lowest BCUT2D eigenvalue weighted by molar-refractivity contribution is -0.126. The van der Waals surface area contributed by atoms with Crippen LogP contribution in [0, 0.1) is 23.0 Å². The van der Waals surface area contributed by atoms with Gasteiger partial charge in [-0.1, -0.05) is 13.8 Å². The minimum Gasteiger partial charge on any atom is -0.382 e. The predicted octanol–water partition coefficient (Wildman–Crippen LogP) is 4.72. The first-order valence-corrected chi connectivity index (χ1v) is 15.8. The summed E-state index contributed by atoms with van der Waals surface area (Å²) in [6.45, 7) is 8.58. The number of rotatable bonds is 8. The van der Waals surface area contributed by atoms with Crippen LogP contribution >= 0.6 is 0 Å². The largest absolute Gasteiger partial charge is 0.382 e. The molecule has 0 spiro atoms. The van der Waals surface area contributed by atoms with Crippen molar-refractivity contribution in [3.63, 3.8) is 0 Å². The van der Waals surface area contributed by atoms with Gasteiger partial charge in [-0.05, 0) is 73.4 Å². The SMILES string of the molecule is CC1(C)CC(=O)n2c(c(-c3cc(F)c(C(N)=O)c(N[C@H]4CC[C@H](C(=O)NCCN5CCOCC5)CC4)c3)c3ccc(F)cc32)C1. The van der Waals surface area contributed by atoms with Crippen molar-refractivity contribution in [2.75, 3.05) is 44.7 Å². The van der Waals surface area contributed by atoms with Crippen LogP contribution in [0.2, 0.25) is 0 Å². The first kappa shape index (κ1) is 31.2. The van der Waals surface area contributed by atoms with Crippen molar-refractivity contribution in [3.8, 4) is 11.1 Å². The second-order valence-electron chi connectivity index (χ2n) is 13.4. The number of halogens is 2. The second-order valence-corrected chi connectivity index (χ2v) is 13.4. The lowest BCUT2D eigenvalue weighted by Gasteiger charge is -2.31. The van der Waals surface area contributed by atoms with Crippen molar-refractivity contribution in [1.82, 2.24) is 14.8 Å². The summed E-state index contributed by atoms with van der Waals surface area (Å²) in [5.74, 6) is -2.33. The van der Waals surface area contributed by atoms with Gasteiger partial charge in [0.15, 0.2) is 0 Å². The van der Waals surface area contributed by atoms with Gasteiger partial charge in [0.25, 0.3) is 5.91 Å². The Kier molecular flexibility index (Phi) is 8.67. The molecule has 11 heteroatoms. The highest BCUT2D eigenvalue weighted by atomic mass is 19.1. The lowest BCUT2D eigenvalue weighted by atomic mass is 9.80. The average Bonchev–Trinajstić information content (AvgIpc) is 3.29. The molecule has 1 saturated heterocycles. The number of nitrogens with one attached hydrogen (secondary N) is 2. The second kappa shape index (κ2) is 12.5. The standard InChI is InChI=1S/C34H41F2N5O4/c1-34(2)18-28-30(24-8-5-22(35)17-27(24)41(28)29(42)19-34)21-15-25(36)31(32(37)43)26(16-21)39-23-6-3-20(4-7-23)33(44)38-9-10-40-11-13-45-14-12-40/h5,8,15-17,20,23,39H,3-4,6-7,9-14,18-19H2,1-2H3,(H2,37,43)(H,38,44)/t20-,23-. The highest BCUT2D eigenvalue weighted by Gasteiger charge is 2.36. The highest BCUT2D eigenvalue weighted by Crippen LogP contribution is 2.44. The first-order chi connectivity index (χ1) is 21.5. The van der Waals surface area contributed by atoms with E-state index < -0.39 is 17.5 Å². The summed E-state index contributed by atoms with van der Waals surface area (Å²) in [5.41, 5.74) is 7.59. The molecule has 3 heterocycles. The van der Waals surface area contributed by atoms with Crippen LogP contribution in [0.25, 0.3) is 22.0 Å². The number of anilines is 1. The molecule has 3 aromatic rings. The van der Waals surface area contributed by atoms with Gasteiger partial charge < -0.3 is 21.1 Å². The number of carbonyl (C=O) groups is 3. The molecule has 0 unspecified atom stereocenters. The molecule has 2 aromatic carbocycles. The fourth-order valence-corrected chi connectivity index (χ4v) is 7.23. The number of nitrogens with two attached hydrogens (primary N) is 1. The van der Waals surface area contributed by atoms with Crippen molar-refractivity contribution in [2.24, 2.45) is 17.1 Å². The Morgan fingerprint density at radius 2 is 1.78 bits per heavy atom. The number of carbonyl (C=O) groups excluding carboxylic acids is 3. The Morgan fingerprint density at radius 3 is 2.49 bits per heavy atom. The van der Waals surface area contributed by atoms with Gasteiger partial charge in [-0.25, -0.2) is 8.78 Å². The lowest BCUT2D eigenvalue weighted by Crippen LogP contribution is -2.43. The van der Waals surface area contributed by atoms with Crippen molar-refractivity contribution in [2.45, 2.75) is 58.4 Å². The van der Waals surface area contributed by atoms with Crippen molar-refractivity contribution < 1.29 is 27.9 Å². The number of amides is 2. The zero-order chi connectivity index (χ0) is 31.9. The molecule has 1 aromatic heterocycles. The van der Waals surface area contributed by atoms with E-state index in [0.717, 1.165) is 32.8 Å². The molecule has 0 bridgehead atoms. The summed E-state index contributed by atoms with van der Waals surface area (Å²) in [6, 6.07) is 7.17. The van der Waals surface area contributed by atoms with E-state index >= 15 is 4.39 Å². The molecule has 0 atom stereocenters. The number of aromatic nitrogens is 1. The number of primary amides is 1. The summed E-state index contributed by atoms with van der Waals surface area (Å²) < 4.78 is 37.0. The van der Waals surface area contributed by atoms with Crippen molar-refractivity contribution in [3.05, 3.63) is 53.2 Å². The van der Waals surface area contributed by atoms with E-state index in [1.54, 1.807) is 16.7 Å². The minimum atomic E-state index is -0.892. The van der Waals surface area contributed by atoms with Crippen LogP contribution in [0.15, 0.2) is 30.3 Å². The van der Waals surface area contributed by atoms with Crippen LogP contribution in [0.1, 0.15) is 66.8 Å². The summed E-state index contributed by atoms with van der Waals surface area (Å²) in [6.07, 6.45) is 3.49. The van der Waals surface area contributed by atoms with Gasteiger partial charge in [-0.2, -0.15) is 0 Å². The quantitative estimate of drug-likeness (QED) is 0.335. The van der Waals surface area contributed by atoms with Crippen LogP contribution in [-0.2, 0) is 16.0 Å². The number of hydrogen-bond acceptors (Lipinski definition) is 6. The fraction of sp³-hybridized carbons (Fsp3) is 0.500. The Labute approximate surface area is 261 Å². The monoisotopic (exact) mass is 621 g/mol. The van der Waals surface area contributed by atoms with Crippen LogP contribution in [0.4, 0.5) is 14.5 Å². The van der Waals surface area contributed by atoms with Gasteiger partial charge in [-0.3, -0.25) is 23.9 Å². The molecular weight excluding hydrogens is 580 g/mol. The number of hydrogen-bond donors (Lipinski definition) is 3. The zero-order valence-corrected chi connectivity index (χ0v) is 25.9. The van der Waals surface area contributed by atoms with E-state index in [9.17, 15) is 18.8 Å². The molecule has 3 aliphatic rings. The van der Waals surface area contributed by atoms with Crippen molar-refractivity contribution in [1.29, 1.82) is 0 Å². The van der Waals surface area contributed by atoms with Gasteiger partial charge in [0, 0.05) is 61.2 Å². The topological polar surface area (TPSA) is 119 Å². The van der Waals surface area contributed by atoms with E-state index in [0.29, 0.717) is 72.8 Å². The molecule has 9 nitrogen and oxygen atoms in total. The third-order valence-corrected chi connectivity index (χ3v) is 9.47. The molecule has 2 fully saturated rings. The van der Waals surface area contributed by atoms with Gasteiger partial charge in [0.05, 0.1) is 30.0 Å². The number of benzene rings is 2. The first-order valence-electron chi connectivity index (χ1n) is 15.8. The third kappa shape index (κ3) is 6.46. The molecule has 1 aliphatic carbocycles. The summed E-state index contributed by atoms with van der Waals surface area (Å²) in [4.78, 5) is 40.8. The fourth-order valence-electron chi connectivity index (χ4n) is 7.23. The van der Waals surface area contributed by atoms with Gasteiger partial charge in [-0.15, -0.1) is 0 Å². The third-order valence-electron chi connectivity index (χ3n) is 9.47. The van der Waals surface area contributed by atoms with Crippen LogP contribution in [0.5, 0.6) is 0 Å². The normalized spacial score (nSPS) is 21.8. The maximum Gasteiger partial charge on any atom is 0.253 e. The molecule has 2 aliphatic heterocycles. The zero-order valence-electron chi connectivity index (χ0n) is 25.9. The van der Waals surface area contributed by atoms with Crippen molar-refractivity contribution >= 4 is 34.3 Å². The number of ether oxygens (including phenoxy) is 1. The summed E-state index contributed by atoms with van der Waals surface area (Å²) >= 11 is 0. The Hall–Kier alpha value is -3.83. The number of fused-ring (bicyclic) bond motifs is 3. The van der Waals surface area contributed by atoms with E-state index in [1.165, 1.54) is 18.2 Å². The minimum absolute atomic E-state index is 0.0480. The van der Waals surface area contributed by atoms with Crippen LogP contribution in [0.3, 0.4) is 0 Å². The molecule has 45 heavy (non-hydrogen) atoms. The van der Waals surface area contributed by atoms with Gasteiger partial charge >= 0.3 is 0 Å². The highest BCUT2D eigenvalue weighted by molar-refractivity contribution is 6.06. The van der Waals surface area contributed by atoms with E-state index in [2.05, 4.69) is 15.5 Å². The van der Waals surface area contributed by atoms with Gasteiger partial charge in [0.1, 0.15) is 11.6 Å². The average molecular weight is 622 g/mol. The molecule has 2 amide bonds. The molecule has 0 radical (unpaired) electrons. The number of morpholine rings is 1. The maximum absolute atomic E-state index is 15.7. The van der Waals surface area contributed by atoms with Crippen LogP contribution < -0.4 is 16.4 Å². The van der Waals surface area contributed by atoms with E-state index in [4.69, 9.17) is 10.5 Å². The smallest absolute Gasteiger partial charge is 0.253 e. The molecule has 6 rings (SSSR count). The van der Waals surface area contributed by atoms with E-state index in [1.807, 2.05) is 13.8 Å². The maximum atomic E-state index is 15.7. The van der Waals surface area contributed by atoms with Crippen LogP contribution in [-0.4, -0.2) is 72.6 Å². The summed E-state index contributed by atoms with van der Waals surface area (Å²) in [5, 5.41) is 7.06. The number of nitrogens with zero attached hydrogens (tertiary/aromatic N) is 2. The van der Waals surface area contributed by atoms with E-state index in [-0.39, 0.29) is 40.4 Å². The molecule has 4 N–H and O–H groups in total. The Bertz CT molecular complexity index is 1640. The molecular formula is C34H41F2N5O4. The Morgan fingerprint density at radius 1 is 1.04 bits per heavy atom.